The highest BCUT2D eigenvalue weighted by Crippen LogP contribution is 2.20. The van der Waals surface area contributed by atoms with E-state index >= 15 is 0 Å². The Bertz CT molecular complexity index is 437. The zero-order valence-corrected chi connectivity index (χ0v) is 13.0. The van der Waals surface area contributed by atoms with Crippen molar-refractivity contribution in [2.45, 2.75) is 51.1 Å². The van der Waals surface area contributed by atoms with E-state index in [1.165, 1.54) is 12.8 Å². The van der Waals surface area contributed by atoms with Crippen molar-refractivity contribution in [2.75, 3.05) is 13.7 Å². The minimum Gasteiger partial charge on any atom is -0.497 e. The van der Waals surface area contributed by atoms with Gasteiger partial charge in [-0.2, -0.15) is 0 Å². The number of carbonyl (C=O) groups is 1. The lowest BCUT2D eigenvalue weighted by Crippen LogP contribution is -2.44. The average Bonchev–Trinajstić information content (AvgIpc) is 2.82. The Kier molecular flexibility index (Phi) is 6.05. The molecule has 0 aliphatic carbocycles. The summed E-state index contributed by atoms with van der Waals surface area (Å²) in [7, 11) is 1.66. The molecule has 2 atom stereocenters. The summed E-state index contributed by atoms with van der Waals surface area (Å²) in [6, 6.07) is 7.94. The zero-order chi connectivity index (χ0) is 15.1. The van der Waals surface area contributed by atoms with Crippen molar-refractivity contribution >= 4 is 5.91 Å². The fourth-order valence-corrected chi connectivity index (χ4v) is 2.78. The van der Waals surface area contributed by atoms with Crippen molar-refractivity contribution in [1.29, 1.82) is 0 Å². The molecule has 1 heterocycles. The van der Waals surface area contributed by atoms with Crippen LogP contribution in [-0.4, -0.2) is 25.6 Å². The molecule has 2 rings (SSSR count). The summed E-state index contributed by atoms with van der Waals surface area (Å²) in [4.78, 5) is 12.4. The molecule has 4 heteroatoms. The second-order valence-corrected chi connectivity index (χ2v) is 5.60. The maximum absolute atomic E-state index is 12.4. The highest BCUT2D eigenvalue weighted by Gasteiger charge is 2.22. The smallest absolute Gasteiger partial charge is 0.237 e. The minimum absolute atomic E-state index is 0.0419. The van der Waals surface area contributed by atoms with E-state index in [1.807, 2.05) is 24.3 Å². The fourth-order valence-electron chi connectivity index (χ4n) is 2.78. The van der Waals surface area contributed by atoms with Gasteiger partial charge in [0.2, 0.25) is 5.91 Å². The summed E-state index contributed by atoms with van der Waals surface area (Å²) >= 11 is 0. The number of benzene rings is 1. The first-order valence-corrected chi connectivity index (χ1v) is 7.92. The van der Waals surface area contributed by atoms with Gasteiger partial charge in [-0.3, -0.25) is 4.79 Å². The maximum atomic E-state index is 12.4. The van der Waals surface area contributed by atoms with Gasteiger partial charge in [0.05, 0.1) is 19.2 Å². The molecule has 4 nitrogen and oxygen atoms in total. The number of hydrogen-bond donors (Lipinski definition) is 2. The summed E-state index contributed by atoms with van der Waals surface area (Å²) in [5.74, 6) is 0.963. The Morgan fingerprint density at radius 2 is 2.10 bits per heavy atom. The highest BCUT2D eigenvalue weighted by molar-refractivity contribution is 5.82. The fraction of sp³-hybridized carbons (Fsp3) is 0.588. The lowest BCUT2D eigenvalue weighted by molar-refractivity contribution is -0.124. The third-order valence-electron chi connectivity index (χ3n) is 4.12. The summed E-state index contributed by atoms with van der Waals surface area (Å²) in [5.41, 5.74) is 1.13. The van der Waals surface area contributed by atoms with Gasteiger partial charge in [-0.25, -0.2) is 0 Å². The monoisotopic (exact) mass is 290 g/mol. The molecular weight excluding hydrogens is 264 g/mol. The Morgan fingerprint density at radius 3 is 2.76 bits per heavy atom. The zero-order valence-electron chi connectivity index (χ0n) is 13.0. The first-order valence-electron chi connectivity index (χ1n) is 7.92. The van der Waals surface area contributed by atoms with Crippen LogP contribution in [0, 0.1) is 0 Å². The Labute approximate surface area is 127 Å². The van der Waals surface area contributed by atoms with Crippen LogP contribution in [0.3, 0.4) is 0 Å². The molecule has 1 fully saturated rings. The molecule has 1 aliphatic heterocycles. The first kappa shape index (κ1) is 15.8. The second-order valence-electron chi connectivity index (χ2n) is 5.60. The molecule has 1 aliphatic rings. The quantitative estimate of drug-likeness (QED) is 0.876. The van der Waals surface area contributed by atoms with E-state index in [-0.39, 0.29) is 18.0 Å². The van der Waals surface area contributed by atoms with Gasteiger partial charge in [-0.15, -0.1) is 0 Å². The van der Waals surface area contributed by atoms with Gasteiger partial charge in [0.25, 0.3) is 0 Å². The van der Waals surface area contributed by atoms with Crippen LogP contribution in [0.1, 0.15) is 50.6 Å². The van der Waals surface area contributed by atoms with E-state index in [9.17, 15) is 4.79 Å². The number of hydrogen-bond acceptors (Lipinski definition) is 3. The largest absolute Gasteiger partial charge is 0.497 e. The summed E-state index contributed by atoms with van der Waals surface area (Å²) < 4.78 is 5.18. The molecule has 1 aromatic rings. The van der Waals surface area contributed by atoms with E-state index in [0.717, 1.165) is 37.1 Å². The van der Waals surface area contributed by atoms with Gasteiger partial charge in [-0.1, -0.05) is 31.9 Å². The molecule has 116 valence electrons. The number of ether oxygens (including phenoxy) is 1. The Morgan fingerprint density at radius 1 is 1.33 bits per heavy atom. The van der Waals surface area contributed by atoms with E-state index in [4.69, 9.17) is 4.74 Å². The summed E-state index contributed by atoms with van der Waals surface area (Å²) in [6.07, 6.45) is 5.33. The summed E-state index contributed by atoms with van der Waals surface area (Å²) in [5, 5.41) is 6.52. The number of rotatable bonds is 5. The molecule has 0 saturated carbocycles. The predicted octanol–water partition coefficient (Wildman–Crippen LogP) is 2.79. The molecule has 0 bridgehead atoms. The molecule has 1 saturated heterocycles. The number of methoxy groups -OCH3 is 1. The third kappa shape index (κ3) is 4.46. The van der Waals surface area contributed by atoms with Gasteiger partial charge in [-0.05, 0) is 43.5 Å². The lowest BCUT2D eigenvalue weighted by Gasteiger charge is -2.22. The molecule has 21 heavy (non-hydrogen) atoms. The van der Waals surface area contributed by atoms with Crippen LogP contribution in [-0.2, 0) is 4.79 Å². The van der Waals surface area contributed by atoms with Crippen LogP contribution in [0.15, 0.2) is 24.3 Å². The van der Waals surface area contributed by atoms with E-state index < -0.39 is 0 Å². The van der Waals surface area contributed by atoms with E-state index in [2.05, 4.69) is 17.6 Å². The maximum Gasteiger partial charge on any atom is 0.237 e. The molecule has 2 N–H and O–H groups in total. The number of carbonyl (C=O) groups excluding carboxylic acids is 1. The van der Waals surface area contributed by atoms with Crippen molar-refractivity contribution < 1.29 is 9.53 Å². The van der Waals surface area contributed by atoms with Crippen molar-refractivity contribution in [3.8, 4) is 5.75 Å². The summed E-state index contributed by atoms with van der Waals surface area (Å²) in [6.45, 7) is 3.03. The van der Waals surface area contributed by atoms with Crippen LogP contribution >= 0.6 is 0 Å². The highest BCUT2D eigenvalue weighted by atomic mass is 16.5. The van der Waals surface area contributed by atoms with Gasteiger partial charge in [0.15, 0.2) is 0 Å². The van der Waals surface area contributed by atoms with Crippen LogP contribution in [0.25, 0.3) is 0 Å². The topological polar surface area (TPSA) is 50.4 Å². The average molecular weight is 290 g/mol. The van der Waals surface area contributed by atoms with Gasteiger partial charge < -0.3 is 15.4 Å². The van der Waals surface area contributed by atoms with E-state index in [0.29, 0.717) is 0 Å². The SMILES string of the molecule is CCC(NC(=O)C1CCCCCN1)c1ccc(OC)cc1. The van der Waals surface area contributed by atoms with E-state index in [1.54, 1.807) is 7.11 Å². The third-order valence-corrected chi connectivity index (χ3v) is 4.12. The number of amides is 1. The van der Waals surface area contributed by atoms with Gasteiger partial charge >= 0.3 is 0 Å². The van der Waals surface area contributed by atoms with Crippen molar-refractivity contribution in [3.05, 3.63) is 29.8 Å². The predicted molar refractivity (Wildman–Crippen MR) is 84.4 cm³/mol. The molecule has 2 unspecified atom stereocenters. The van der Waals surface area contributed by atoms with Crippen LogP contribution in [0.5, 0.6) is 5.75 Å². The van der Waals surface area contributed by atoms with Crippen LogP contribution in [0.4, 0.5) is 0 Å². The Hall–Kier alpha value is -1.55. The molecule has 0 spiro atoms. The second kappa shape index (κ2) is 8.03. The van der Waals surface area contributed by atoms with Crippen LogP contribution < -0.4 is 15.4 Å². The van der Waals surface area contributed by atoms with Crippen molar-refractivity contribution in [3.63, 3.8) is 0 Å². The van der Waals surface area contributed by atoms with Crippen molar-refractivity contribution in [2.24, 2.45) is 0 Å². The lowest BCUT2D eigenvalue weighted by atomic mass is 10.0. The molecule has 1 amide bonds. The molecule has 1 aromatic carbocycles. The van der Waals surface area contributed by atoms with Crippen molar-refractivity contribution in [1.82, 2.24) is 10.6 Å². The molecule has 0 aromatic heterocycles. The molecule has 0 radical (unpaired) electrons. The van der Waals surface area contributed by atoms with Gasteiger partial charge in [0.1, 0.15) is 5.75 Å². The minimum atomic E-state index is -0.0419. The number of nitrogens with one attached hydrogen (secondary N) is 2. The normalized spacial score (nSPS) is 20.4. The van der Waals surface area contributed by atoms with Crippen LogP contribution in [0.2, 0.25) is 0 Å². The molecular formula is C17H26N2O2. The Balaban J connectivity index is 1.98. The first-order chi connectivity index (χ1) is 10.2. The standard InChI is InChI=1S/C17H26N2O2/c1-3-15(13-8-10-14(21-2)11-9-13)19-17(20)16-7-5-4-6-12-18-16/h8-11,15-16,18H,3-7,12H2,1-2H3,(H,19,20). The van der Waals surface area contributed by atoms with Gasteiger partial charge in [0, 0.05) is 0 Å².